The smallest absolute Gasteiger partial charge is 0.306 e. The molecule has 9 nitrogen and oxygen atoms in total. The molecule has 1 aromatic rings. The van der Waals surface area contributed by atoms with Crippen LogP contribution in [-0.2, 0) is 26.3 Å². The molecule has 0 unspecified atom stereocenters. The van der Waals surface area contributed by atoms with Crippen molar-refractivity contribution in [1.29, 1.82) is 0 Å². The minimum absolute atomic E-state index is 0.0207. The van der Waals surface area contributed by atoms with Crippen molar-refractivity contribution in [2.24, 2.45) is 0 Å². The molecule has 10 heteroatoms. The van der Waals surface area contributed by atoms with E-state index in [-0.39, 0.29) is 19.5 Å². The lowest BCUT2D eigenvalue weighted by molar-refractivity contribution is -0.140. The van der Waals surface area contributed by atoms with Crippen LogP contribution in [0.5, 0.6) is 0 Å². The monoisotopic (exact) mass is 305 g/mol. The van der Waals surface area contributed by atoms with Gasteiger partial charge in [0.2, 0.25) is 0 Å². The molecule has 0 fully saturated rings. The van der Waals surface area contributed by atoms with E-state index in [0.29, 0.717) is 13.0 Å². The van der Waals surface area contributed by atoms with Gasteiger partial charge >= 0.3 is 5.97 Å². The van der Waals surface area contributed by atoms with Crippen LogP contribution in [0.2, 0.25) is 0 Å². The second-order valence-corrected chi connectivity index (χ2v) is 5.93. The number of rotatable bonds is 9. The number of methoxy groups -OCH3 is 1. The first-order valence-electron chi connectivity index (χ1n) is 6.07. The average Bonchev–Trinajstić information content (AvgIpc) is 2.93. The van der Waals surface area contributed by atoms with Gasteiger partial charge in [0.25, 0.3) is 10.2 Å². The maximum absolute atomic E-state index is 11.8. The number of esters is 1. The Morgan fingerprint density at radius 2 is 2.25 bits per heavy atom. The molecule has 1 N–H and O–H groups in total. The van der Waals surface area contributed by atoms with Crippen molar-refractivity contribution in [3.8, 4) is 0 Å². The third kappa shape index (κ3) is 5.63. The molecule has 0 amide bonds. The molecule has 0 aliphatic heterocycles. The number of nitrogens with zero attached hydrogens (tertiary/aromatic N) is 4. The fourth-order valence-electron chi connectivity index (χ4n) is 1.38. The Labute approximate surface area is 118 Å². The molecule has 1 rings (SSSR count). The van der Waals surface area contributed by atoms with E-state index in [2.05, 4.69) is 19.8 Å². The lowest BCUT2D eigenvalue weighted by Crippen LogP contribution is -2.39. The van der Waals surface area contributed by atoms with Crippen LogP contribution in [0.25, 0.3) is 0 Å². The summed E-state index contributed by atoms with van der Waals surface area (Å²) < 4.78 is 33.2. The van der Waals surface area contributed by atoms with Gasteiger partial charge in [0.1, 0.15) is 0 Å². The molecule has 1 aromatic heterocycles. The van der Waals surface area contributed by atoms with Crippen LogP contribution < -0.4 is 4.72 Å². The standard InChI is InChI=1S/C10H19N5O4S/c1-14(8-4-10(16)19-2)20(17,18)12-5-3-7-15-9-6-11-13-15/h6,9,12H,3-5,7-8H2,1-2H3. The maximum Gasteiger partial charge on any atom is 0.306 e. The van der Waals surface area contributed by atoms with Crippen molar-refractivity contribution in [1.82, 2.24) is 24.0 Å². The Balaban J connectivity index is 2.27. The number of aromatic nitrogens is 3. The van der Waals surface area contributed by atoms with Gasteiger partial charge in [-0.25, -0.2) is 4.72 Å². The van der Waals surface area contributed by atoms with Crippen molar-refractivity contribution >= 4 is 16.2 Å². The minimum Gasteiger partial charge on any atom is -0.469 e. The van der Waals surface area contributed by atoms with Gasteiger partial charge < -0.3 is 4.74 Å². The molecular weight excluding hydrogens is 286 g/mol. The Bertz CT molecular complexity index is 502. The molecule has 0 atom stereocenters. The normalized spacial score (nSPS) is 11.8. The molecule has 20 heavy (non-hydrogen) atoms. The molecule has 0 radical (unpaired) electrons. The number of hydrogen-bond acceptors (Lipinski definition) is 6. The number of hydrogen-bond donors (Lipinski definition) is 1. The second kappa shape index (κ2) is 7.92. The first kappa shape index (κ1) is 16.5. The zero-order valence-corrected chi connectivity index (χ0v) is 12.3. The number of ether oxygens (including phenoxy) is 1. The Morgan fingerprint density at radius 1 is 1.50 bits per heavy atom. The van der Waals surface area contributed by atoms with E-state index >= 15 is 0 Å². The third-order valence-electron chi connectivity index (χ3n) is 2.59. The van der Waals surface area contributed by atoms with Crippen molar-refractivity contribution in [3.63, 3.8) is 0 Å². The minimum atomic E-state index is -3.57. The van der Waals surface area contributed by atoms with E-state index in [4.69, 9.17) is 0 Å². The fourth-order valence-corrected chi connectivity index (χ4v) is 2.33. The molecule has 0 saturated carbocycles. The molecular formula is C10H19N5O4S. The van der Waals surface area contributed by atoms with Gasteiger partial charge in [0, 0.05) is 32.9 Å². The van der Waals surface area contributed by atoms with E-state index < -0.39 is 16.2 Å². The van der Waals surface area contributed by atoms with Gasteiger partial charge in [0.05, 0.1) is 19.7 Å². The number of carbonyl (C=O) groups excluding carboxylic acids is 1. The number of aryl methyl sites for hydroxylation is 1. The molecule has 1 heterocycles. The number of nitrogens with one attached hydrogen (secondary N) is 1. The van der Waals surface area contributed by atoms with Crippen molar-refractivity contribution < 1.29 is 17.9 Å². The van der Waals surface area contributed by atoms with Crippen molar-refractivity contribution in [2.75, 3.05) is 27.2 Å². The quantitative estimate of drug-likeness (QED) is 0.463. The lowest BCUT2D eigenvalue weighted by Gasteiger charge is -2.16. The van der Waals surface area contributed by atoms with Crippen LogP contribution in [-0.4, -0.2) is 60.9 Å². The summed E-state index contributed by atoms with van der Waals surface area (Å²) in [6.45, 7) is 0.935. The van der Waals surface area contributed by atoms with Gasteiger partial charge in [-0.1, -0.05) is 5.21 Å². The number of carbonyl (C=O) groups is 1. The highest BCUT2D eigenvalue weighted by Gasteiger charge is 2.17. The highest BCUT2D eigenvalue weighted by molar-refractivity contribution is 7.87. The summed E-state index contributed by atoms with van der Waals surface area (Å²) >= 11 is 0. The maximum atomic E-state index is 11.8. The first-order chi connectivity index (χ1) is 9.45. The molecule has 0 aromatic carbocycles. The van der Waals surface area contributed by atoms with Gasteiger partial charge in [-0.05, 0) is 6.42 Å². The van der Waals surface area contributed by atoms with Gasteiger partial charge in [-0.2, -0.15) is 12.7 Å². The zero-order chi connectivity index (χ0) is 15.0. The Hall–Kier alpha value is -1.52. The molecule has 114 valence electrons. The fraction of sp³-hybridized carbons (Fsp3) is 0.700. The summed E-state index contributed by atoms with van der Waals surface area (Å²) in [5.74, 6) is -0.446. The summed E-state index contributed by atoms with van der Waals surface area (Å²) in [7, 11) is -0.906. The first-order valence-corrected chi connectivity index (χ1v) is 7.51. The molecule has 0 saturated heterocycles. The van der Waals surface area contributed by atoms with Gasteiger partial charge in [0.15, 0.2) is 0 Å². The summed E-state index contributed by atoms with van der Waals surface area (Å²) in [5, 5.41) is 7.42. The van der Waals surface area contributed by atoms with Crippen LogP contribution in [0.1, 0.15) is 12.8 Å². The zero-order valence-electron chi connectivity index (χ0n) is 11.5. The molecule has 0 aliphatic rings. The van der Waals surface area contributed by atoms with Gasteiger partial charge in [-0.15, -0.1) is 5.10 Å². The van der Waals surface area contributed by atoms with E-state index in [0.717, 1.165) is 4.31 Å². The topological polar surface area (TPSA) is 106 Å². The van der Waals surface area contributed by atoms with Crippen molar-refractivity contribution in [2.45, 2.75) is 19.4 Å². The SMILES string of the molecule is COC(=O)CCN(C)S(=O)(=O)NCCCn1ccnn1. The molecule has 0 bridgehead atoms. The summed E-state index contributed by atoms with van der Waals surface area (Å²) in [6.07, 6.45) is 3.88. The predicted molar refractivity (Wildman–Crippen MR) is 70.8 cm³/mol. The van der Waals surface area contributed by atoms with Crippen LogP contribution in [0.4, 0.5) is 0 Å². The molecule has 0 aliphatic carbocycles. The third-order valence-corrected chi connectivity index (χ3v) is 4.16. The second-order valence-electron chi connectivity index (χ2n) is 4.07. The van der Waals surface area contributed by atoms with Crippen molar-refractivity contribution in [3.05, 3.63) is 12.4 Å². The highest BCUT2D eigenvalue weighted by Crippen LogP contribution is 1.97. The van der Waals surface area contributed by atoms with Gasteiger partial charge in [-0.3, -0.25) is 9.48 Å². The largest absolute Gasteiger partial charge is 0.469 e. The Kier molecular flexibility index (Phi) is 6.55. The Morgan fingerprint density at radius 3 is 2.85 bits per heavy atom. The summed E-state index contributed by atoms with van der Waals surface area (Å²) in [4.78, 5) is 11.0. The van der Waals surface area contributed by atoms with E-state index in [9.17, 15) is 13.2 Å². The average molecular weight is 305 g/mol. The molecule has 0 spiro atoms. The predicted octanol–water partition coefficient (Wildman–Crippen LogP) is -1.00. The summed E-state index contributed by atoms with van der Waals surface area (Å²) in [5.41, 5.74) is 0. The summed E-state index contributed by atoms with van der Waals surface area (Å²) in [6, 6.07) is 0. The van der Waals surface area contributed by atoms with E-state index in [1.165, 1.54) is 14.2 Å². The lowest BCUT2D eigenvalue weighted by atomic mass is 10.4. The van der Waals surface area contributed by atoms with E-state index in [1.54, 1.807) is 17.1 Å². The van der Waals surface area contributed by atoms with Crippen LogP contribution >= 0.6 is 0 Å². The van der Waals surface area contributed by atoms with Crippen LogP contribution in [0.3, 0.4) is 0 Å². The highest BCUT2D eigenvalue weighted by atomic mass is 32.2. The van der Waals surface area contributed by atoms with Crippen LogP contribution in [0, 0.1) is 0 Å². The van der Waals surface area contributed by atoms with E-state index in [1.807, 2.05) is 0 Å². The van der Waals surface area contributed by atoms with Crippen LogP contribution in [0.15, 0.2) is 12.4 Å².